The van der Waals surface area contributed by atoms with Crippen LogP contribution in [0.5, 0.6) is 0 Å². The van der Waals surface area contributed by atoms with Gasteiger partial charge < -0.3 is 25.4 Å². The summed E-state index contributed by atoms with van der Waals surface area (Å²) in [6.07, 6.45) is 0.492. The molecule has 0 radical (unpaired) electrons. The molecule has 212 valence electrons. The van der Waals surface area contributed by atoms with Gasteiger partial charge in [0.2, 0.25) is 5.91 Å². The number of aromatic nitrogens is 1. The summed E-state index contributed by atoms with van der Waals surface area (Å²) in [5.74, 6) is -1.07. The van der Waals surface area contributed by atoms with Crippen molar-refractivity contribution in [3.8, 4) is 0 Å². The molecule has 1 saturated carbocycles. The number of amides is 2. The Hall–Kier alpha value is -3.02. The van der Waals surface area contributed by atoms with Crippen LogP contribution in [0.3, 0.4) is 0 Å². The lowest BCUT2D eigenvalue weighted by Crippen LogP contribution is -2.47. The molecule has 2 atom stereocenters. The van der Waals surface area contributed by atoms with Crippen LogP contribution in [-0.2, 0) is 21.3 Å². The van der Waals surface area contributed by atoms with Gasteiger partial charge in [0.25, 0.3) is 5.91 Å². The Bertz CT molecular complexity index is 1120. The molecular weight excluding hydrogens is 513 g/mol. The predicted molar refractivity (Wildman–Crippen MR) is 138 cm³/mol. The summed E-state index contributed by atoms with van der Waals surface area (Å²) in [4.78, 5) is 31.5. The zero-order chi connectivity index (χ0) is 28.0. The molecule has 0 unspecified atom stereocenters. The summed E-state index contributed by atoms with van der Waals surface area (Å²) < 4.78 is 44.6. The van der Waals surface area contributed by atoms with E-state index in [1.165, 1.54) is 6.07 Å². The fourth-order valence-electron chi connectivity index (χ4n) is 5.44. The summed E-state index contributed by atoms with van der Waals surface area (Å²) >= 11 is 0. The van der Waals surface area contributed by atoms with Crippen LogP contribution in [0.25, 0.3) is 0 Å². The number of likely N-dealkylation sites (tertiary alicyclic amines) is 1. The third-order valence-electron chi connectivity index (χ3n) is 7.53. The van der Waals surface area contributed by atoms with Crippen molar-refractivity contribution in [1.82, 2.24) is 20.5 Å². The fourth-order valence-corrected chi connectivity index (χ4v) is 5.44. The van der Waals surface area contributed by atoms with Crippen LogP contribution in [-0.4, -0.2) is 71.2 Å². The van der Waals surface area contributed by atoms with E-state index in [-0.39, 0.29) is 36.1 Å². The maximum atomic E-state index is 13.1. The fraction of sp³-hybridized carbons (Fsp3) is 0.536. The van der Waals surface area contributed by atoms with E-state index in [2.05, 4.69) is 15.6 Å². The normalized spacial score (nSPS) is 25.5. The topological polar surface area (TPSA) is 104 Å². The molecule has 2 fully saturated rings. The molecule has 4 rings (SSSR count). The molecule has 2 aliphatic rings. The zero-order valence-electron chi connectivity index (χ0n) is 21.9. The molecule has 2 aromatic rings. The van der Waals surface area contributed by atoms with E-state index >= 15 is 0 Å². The lowest BCUT2D eigenvalue weighted by Gasteiger charge is -2.37. The largest absolute Gasteiger partial charge is 0.416 e. The second-order valence-corrected chi connectivity index (χ2v) is 10.2. The highest BCUT2D eigenvalue weighted by molar-refractivity contribution is 5.96. The third kappa shape index (κ3) is 7.34. The van der Waals surface area contributed by atoms with Gasteiger partial charge in [-0.3, -0.25) is 14.6 Å². The first-order valence-electron chi connectivity index (χ1n) is 13.3. The Kier molecular flexibility index (Phi) is 9.24. The molecule has 1 aromatic carbocycles. The van der Waals surface area contributed by atoms with Gasteiger partial charge in [-0.2, -0.15) is 13.2 Å². The zero-order valence-corrected chi connectivity index (χ0v) is 21.9. The van der Waals surface area contributed by atoms with Crippen LogP contribution < -0.4 is 10.6 Å². The average molecular weight is 549 g/mol. The Morgan fingerprint density at radius 2 is 1.92 bits per heavy atom. The number of nitrogens with zero attached hydrogens (tertiary/aromatic N) is 2. The SMILES string of the molecule is CCOC[C@@H]1C[C@H](NC2CCC(O)(c3ccccn3)CC2)CN1C(=O)CNC(=O)c1cccc(C(F)(F)F)c1. The molecule has 3 N–H and O–H groups in total. The molecule has 1 aliphatic heterocycles. The highest BCUT2D eigenvalue weighted by atomic mass is 19.4. The average Bonchev–Trinajstić information content (AvgIpc) is 3.34. The quantitative estimate of drug-likeness (QED) is 0.445. The molecule has 39 heavy (non-hydrogen) atoms. The molecule has 2 amide bonds. The molecule has 8 nitrogen and oxygen atoms in total. The van der Waals surface area contributed by atoms with Gasteiger partial charge in [-0.05, 0) is 69.4 Å². The lowest BCUT2D eigenvalue weighted by atomic mass is 9.79. The molecule has 1 saturated heterocycles. The molecule has 2 heterocycles. The van der Waals surface area contributed by atoms with Crippen LogP contribution in [0, 0.1) is 0 Å². The summed E-state index contributed by atoms with van der Waals surface area (Å²) in [6.45, 7) is 2.82. The number of aliphatic hydroxyl groups is 1. The Labute approximate surface area is 225 Å². The number of carbonyl (C=O) groups is 2. The van der Waals surface area contributed by atoms with Crippen LogP contribution in [0.15, 0.2) is 48.7 Å². The number of ether oxygens (including phenoxy) is 1. The van der Waals surface area contributed by atoms with Crippen LogP contribution in [0.1, 0.15) is 60.6 Å². The summed E-state index contributed by atoms with van der Waals surface area (Å²) in [6, 6.07) is 9.66. The molecule has 1 aliphatic carbocycles. The number of nitrogens with one attached hydrogen (secondary N) is 2. The Balaban J connectivity index is 1.31. The van der Waals surface area contributed by atoms with E-state index in [1.807, 2.05) is 25.1 Å². The van der Waals surface area contributed by atoms with Crippen molar-refractivity contribution in [1.29, 1.82) is 0 Å². The standard InChI is InChI=1S/C28H35F3N4O4/c1-2-39-18-23-15-22(34-21-9-11-27(38,12-10-21)24-8-3-4-13-32-24)17-35(23)25(36)16-33-26(37)19-6-5-7-20(14-19)28(29,30)31/h3-8,13-14,21-23,34,38H,2,9-12,15-18H2,1H3,(H,33,37)/t21?,22-,23-,27?/m0/s1. The van der Waals surface area contributed by atoms with Crippen molar-refractivity contribution >= 4 is 11.8 Å². The van der Waals surface area contributed by atoms with Crippen molar-refractivity contribution in [3.05, 3.63) is 65.5 Å². The van der Waals surface area contributed by atoms with Crippen molar-refractivity contribution in [2.45, 2.75) is 68.9 Å². The molecule has 0 bridgehead atoms. The number of hydrogen-bond donors (Lipinski definition) is 3. The number of rotatable bonds is 9. The van der Waals surface area contributed by atoms with Gasteiger partial charge in [-0.15, -0.1) is 0 Å². The monoisotopic (exact) mass is 548 g/mol. The summed E-state index contributed by atoms with van der Waals surface area (Å²) in [5.41, 5.74) is -1.34. The lowest BCUT2D eigenvalue weighted by molar-refractivity contribution is -0.137. The Morgan fingerprint density at radius 1 is 1.15 bits per heavy atom. The summed E-state index contributed by atoms with van der Waals surface area (Å²) in [7, 11) is 0. The minimum Gasteiger partial charge on any atom is -0.384 e. The number of halogens is 3. The molecule has 0 spiro atoms. The Morgan fingerprint density at radius 3 is 2.59 bits per heavy atom. The van der Waals surface area contributed by atoms with Crippen molar-refractivity contribution < 1.29 is 32.6 Å². The van der Waals surface area contributed by atoms with Gasteiger partial charge in [-0.1, -0.05) is 12.1 Å². The van der Waals surface area contributed by atoms with Gasteiger partial charge in [0.1, 0.15) is 5.60 Å². The highest BCUT2D eigenvalue weighted by Crippen LogP contribution is 2.36. The highest BCUT2D eigenvalue weighted by Gasteiger charge is 2.39. The van der Waals surface area contributed by atoms with Crippen LogP contribution >= 0.6 is 0 Å². The van der Waals surface area contributed by atoms with E-state index in [0.717, 1.165) is 31.0 Å². The first-order chi connectivity index (χ1) is 18.6. The van der Waals surface area contributed by atoms with Crippen molar-refractivity contribution in [2.24, 2.45) is 0 Å². The smallest absolute Gasteiger partial charge is 0.384 e. The first-order valence-corrected chi connectivity index (χ1v) is 13.3. The maximum absolute atomic E-state index is 13.1. The number of alkyl halides is 3. The molecule has 1 aromatic heterocycles. The van der Waals surface area contributed by atoms with E-state index in [0.29, 0.717) is 44.7 Å². The minimum absolute atomic E-state index is 0.0182. The molecule has 11 heteroatoms. The van der Waals surface area contributed by atoms with E-state index in [9.17, 15) is 27.9 Å². The maximum Gasteiger partial charge on any atom is 0.416 e. The van der Waals surface area contributed by atoms with Crippen molar-refractivity contribution in [2.75, 3.05) is 26.3 Å². The first kappa shape index (κ1) is 29.0. The van der Waals surface area contributed by atoms with Crippen molar-refractivity contribution in [3.63, 3.8) is 0 Å². The number of pyridine rings is 1. The number of benzene rings is 1. The van der Waals surface area contributed by atoms with Gasteiger partial charge in [0.05, 0.1) is 30.5 Å². The predicted octanol–water partition coefficient (Wildman–Crippen LogP) is 3.26. The summed E-state index contributed by atoms with van der Waals surface area (Å²) in [5, 5.41) is 17.2. The second-order valence-electron chi connectivity index (χ2n) is 10.2. The van der Waals surface area contributed by atoms with Gasteiger partial charge >= 0.3 is 6.18 Å². The third-order valence-corrected chi connectivity index (χ3v) is 7.53. The van der Waals surface area contributed by atoms with Gasteiger partial charge in [-0.25, -0.2) is 0 Å². The van der Waals surface area contributed by atoms with Gasteiger partial charge in [0.15, 0.2) is 0 Å². The number of hydrogen-bond acceptors (Lipinski definition) is 6. The van der Waals surface area contributed by atoms with Gasteiger partial charge in [0, 0.05) is 37.0 Å². The second kappa shape index (κ2) is 12.4. The number of carbonyl (C=O) groups excluding carboxylic acids is 2. The minimum atomic E-state index is -4.56. The van der Waals surface area contributed by atoms with Crippen LogP contribution in [0.4, 0.5) is 13.2 Å². The van der Waals surface area contributed by atoms with Crippen LogP contribution in [0.2, 0.25) is 0 Å². The molecular formula is C28H35F3N4O4. The van der Waals surface area contributed by atoms with E-state index in [1.54, 1.807) is 11.1 Å². The van der Waals surface area contributed by atoms with E-state index < -0.39 is 23.2 Å². The van der Waals surface area contributed by atoms with E-state index in [4.69, 9.17) is 4.74 Å².